The number of likely N-dealkylation sites (N-methyl/N-ethyl adjacent to an activating group) is 1. The van der Waals surface area contributed by atoms with Crippen LogP contribution in [0.2, 0.25) is 0 Å². The second-order valence-electron chi connectivity index (χ2n) is 4.26. The van der Waals surface area contributed by atoms with Crippen molar-refractivity contribution in [3.63, 3.8) is 0 Å². The summed E-state index contributed by atoms with van der Waals surface area (Å²) in [5.74, 6) is -0.492. The van der Waals surface area contributed by atoms with E-state index >= 15 is 0 Å². The summed E-state index contributed by atoms with van der Waals surface area (Å²) in [5, 5.41) is 2.76. The molecule has 0 fully saturated rings. The number of anilines is 2. The van der Waals surface area contributed by atoms with Crippen molar-refractivity contribution in [3.8, 4) is 0 Å². The summed E-state index contributed by atoms with van der Waals surface area (Å²) in [6.45, 7) is 3.27. The topological polar surface area (TPSA) is 101 Å². The van der Waals surface area contributed by atoms with Gasteiger partial charge in [0.1, 0.15) is 0 Å². The number of primary amides is 1. The van der Waals surface area contributed by atoms with Gasteiger partial charge in [-0.1, -0.05) is 6.92 Å². The largest absolute Gasteiger partial charge is 0.399 e. The Morgan fingerprint density at radius 2 is 1.89 bits per heavy atom. The van der Waals surface area contributed by atoms with Crippen molar-refractivity contribution in [1.82, 2.24) is 4.90 Å². The predicted molar refractivity (Wildman–Crippen MR) is 75.4 cm³/mol. The Balaban J connectivity index is 2.38. The summed E-state index contributed by atoms with van der Waals surface area (Å²) in [4.78, 5) is 24.3. The van der Waals surface area contributed by atoms with Crippen LogP contribution in [0, 0.1) is 0 Å². The van der Waals surface area contributed by atoms with Crippen molar-refractivity contribution in [1.29, 1.82) is 0 Å². The van der Waals surface area contributed by atoms with Crippen molar-refractivity contribution >= 4 is 23.2 Å². The van der Waals surface area contributed by atoms with E-state index in [9.17, 15) is 9.59 Å². The highest BCUT2D eigenvalue weighted by atomic mass is 16.2. The van der Waals surface area contributed by atoms with Gasteiger partial charge in [0, 0.05) is 24.3 Å². The van der Waals surface area contributed by atoms with E-state index in [1.807, 2.05) is 11.8 Å². The molecule has 19 heavy (non-hydrogen) atoms. The normalized spacial score (nSPS) is 10.4. The molecule has 0 radical (unpaired) electrons. The van der Waals surface area contributed by atoms with Gasteiger partial charge in [0.15, 0.2) is 0 Å². The minimum atomic E-state index is -0.388. The maximum Gasteiger partial charge on any atom is 0.231 e. The number of nitrogens with zero attached hydrogens (tertiary/aromatic N) is 1. The first-order chi connectivity index (χ1) is 9.01. The van der Waals surface area contributed by atoms with Gasteiger partial charge in [0.2, 0.25) is 11.8 Å². The highest BCUT2D eigenvalue weighted by molar-refractivity contribution is 5.91. The van der Waals surface area contributed by atoms with E-state index in [0.29, 0.717) is 30.9 Å². The number of hydrogen-bond donors (Lipinski definition) is 3. The first-order valence-corrected chi connectivity index (χ1v) is 6.17. The molecule has 0 saturated carbocycles. The first-order valence-electron chi connectivity index (χ1n) is 6.17. The van der Waals surface area contributed by atoms with E-state index in [1.165, 1.54) is 0 Å². The summed E-state index contributed by atoms with van der Waals surface area (Å²) >= 11 is 0. The van der Waals surface area contributed by atoms with Crippen LogP contribution >= 0.6 is 0 Å². The molecule has 1 rings (SSSR count). The number of hydrogen-bond acceptors (Lipinski definition) is 4. The number of nitrogens with two attached hydrogens (primary N) is 2. The number of nitrogens with one attached hydrogen (secondary N) is 1. The third-order valence-electron chi connectivity index (χ3n) is 2.68. The van der Waals surface area contributed by atoms with Gasteiger partial charge in [-0.2, -0.15) is 0 Å². The zero-order chi connectivity index (χ0) is 14.3. The molecule has 104 valence electrons. The summed E-state index contributed by atoms with van der Waals surface area (Å²) in [5.41, 5.74) is 12.0. The lowest BCUT2D eigenvalue weighted by atomic mass is 10.2. The molecule has 6 nitrogen and oxygen atoms in total. The van der Waals surface area contributed by atoms with E-state index in [2.05, 4.69) is 5.32 Å². The lowest BCUT2D eigenvalue weighted by Crippen LogP contribution is -2.35. The molecule has 1 aromatic carbocycles. The fourth-order valence-electron chi connectivity index (χ4n) is 1.62. The minimum absolute atomic E-state index is 0.104. The summed E-state index contributed by atoms with van der Waals surface area (Å²) in [6, 6.07) is 6.94. The molecule has 0 aromatic heterocycles. The molecule has 1 aromatic rings. The first kappa shape index (κ1) is 15.0. The molecule has 5 N–H and O–H groups in total. The Hall–Kier alpha value is -2.08. The van der Waals surface area contributed by atoms with E-state index in [-0.39, 0.29) is 18.4 Å². The Bertz CT molecular complexity index is 431. The van der Waals surface area contributed by atoms with Gasteiger partial charge in [0.25, 0.3) is 0 Å². The van der Waals surface area contributed by atoms with Crippen LogP contribution in [0.15, 0.2) is 24.3 Å². The molecule has 0 heterocycles. The van der Waals surface area contributed by atoms with Gasteiger partial charge in [-0.15, -0.1) is 0 Å². The second-order valence-corrected chi connectivity index (χ2v) is 4.26. The van der Waals surface area contributed by atoms with Crippen LogP contribution in [-0.4, -0.2) is 36.3 Å². The predicted octanol–water partition coefficient (Wildman–Crippen LogP) is 0.405. The van der Waals surface area contributed by atoms with Crippen LogP contribution in [0.25, 0.3) is 0 Å². The van der Waals surface area contributed by atoms with Crippen molar-refractivity contribution in [2.45, 2.75) is 13.3 Å². The molecule has 6 heteroatoms. The molecule has 0 unspecified atom stereocenters. The molecule has 0 aliphatic heterocycles. The zero-order valence-electron chi connectivity index (χ0n) is 11.1. The van der Waals surface area contributed by atoms with Crippen LogP contribution in [0.1, 0.15) is 13.3 Å². The Kier molecular flexibility index (Phi) is 5.81. The Morgan fingerprint density at radius 1 is 1.26 bits per heavy atom. The van der Waals surface area contributed by atoms with Gasteiger partial charge < -0.3 is 16.8 Å². The average molecular weight is 264 g/mol. The fraction of sp³-hybridized carbons (Fsp3) is 0.385. The van der Waals surface area contributed by atoms with Crippen LogP contribution in [0.5, 0.6) is 0 Å². The maximum absolute atomic E-state index is 11.7. The highest BCUT2D eigenvalue weighted by Gasteiger charge is 2.09. The Labute approximate surface area is 112 Å². The maximum atomic E-state index is 11.7. The lowest BCUT2D eigenvalue weighted by molar-refractivity contribution is -0.120. The zero-order valence-corrected chi connectivity index (χ0v) is 11.1. The van der Waals surface area contributed by atoms with E-state index in [1.54, 1.807) is 24.3 Å². The molecule has 2 amide bonds. The second kappa shape index (κ2) is 7.38. The molecule has 0 aliphatic rings. The van der Waals surface area contributed by atoms with Crippen LogP contribution in [0.3, 0.4) is 0 Å². The SMILES string of the molecule is CCN(CCC(=O)Nc1ccc(N)cc1)CC(N)=O. The number of benzene rings is 1. The smallest absolute Gasteiger partial charge is 0.231 e. The average Bonchev–Trinajstić information content (AvgIpc) is 2.37. The molecule has 0 atom stereocenters. The number of amides is 2. The van der Waals surface area contributed by atoms with Crippen molar-refractivity contribution < 1.29 is 9.59 Å². The van der Waals surface area contributed by atoms with Crippen LogP contribution in [0.4, 0.5) is 11.4 Å². The summed E-state index contributed by atoms with van der Waals surface area (Å²) < 4.78 is 0. The van der Waals surface area contributed by atoms with E-state index in [0.717, 1.165) is 0 Å². The fourth-order valence-corrected chi connectivity index (χ4v) is 1.62. The van der Waals surface area contributed by atoms with Gasteiger partial charge in [-0.25, -0.2) is 0 Å². The number of carbonyl (C=O) groups excluding carboxylic acids is 2. The van der Waals surface area contributed by atoms with Gasteiger partial charge in [-0.3, -0.25) is 14.5 Å². The number of nitrogen functional groups attached to an aromatic ring is 1. The lowest BCUT2D eigenvalue weighted by Gasteiger charge is -2.17. The molecular weight excluding hydrogens is 244 g/mol. The summed E-state index contributed by atoms with van der Waals surface area (Å²) in [7, 11) is 0. The number of carbonyl (C=O) groups is 2. The quantitative estimate of drug-likeness (QED) is 0.620. The van der Waals surface area contributed by atoms with Crippen molar-refractivity contribution in [2.75, 3.05) is 30.7 Å². The standard InChI is InChI=1S/C13H20N4O2/c1-2-17(9-12(15)18)8-7-13(19)16-11-5-3-10(14)4-6-11/h3-6H,2,7-9,14H2,1H3,(H2,15,18)(H,16,19). The molecule has 0 saturated heterocycles. The third kappa shape index (κ3) is 5.87. The molecular formula is C13H20N4O2. The minimum Gasteiger partial charge on any atom is -0.399 e. The van der Waals surface area contributed by atoms with Crippen molar-refractivity contribution in [3.05, 3.63) is 24.3 Å². The highest BCUT2D eigenvalue weighted by Crippen LogP contribution is 2.10. The van der Waals surface area contributed by atoms with Gasteiger partial charge in [0.05, 0.1) is 6.54 Å². The van der Waals surface area contributed by atoms with Crippen LogP contribution < -0.4 is 16.8 Å². The molecule has 0 aliphatic carbocycles. The summed E-state index contributed by atoms with van der Waals surface area (Å²) in [6.07, 6.45) is 0.311. The van der Waals surface area contributed by atoms with Crippen LogP contribution in [-0.2, 0) is 9.59 Å². The monoisotopic (exact) mass is 264 g/mol. The van der Waals surface area contributed by atoms with Gasteiger partial charge >= 0.3 is 0 Å². The van der Waals surface area contributed by atoms with E-state index < -0.39 is 0 Å². The Morgan fingerprint density at radius 3 is 2.42 bits per heavy atom. The van der Waals surface area contributed by atoms with Gasteiger partial charge in [-0.05, 0) is 30.8 Å². The third-order valence-corrected chi connectivity index (χ3v) is 2.68. The molecule has 0 spiro atoms. The number of rotatable bonds is 7. The molecule has 0 bridgehead atoms. The van der Waals surface area contributed by atoms with Crippen molar-refractivity contribution in [2.24, 2.45) is 5.73 Å². The van der Waals surface area contributed by atoms with E-state index in [4.69, 9.17) is 11.5 Å².